The van der Waals surface area contributed by atoms with Crippen molar-refractivity contribution in [2.75, 3.05) is 0 Å². The van der Waals surface area contributed by atoms with Gasteiger partial charge in [0.25, 0.3) is 5.91 Å². The van der Waals surface area contributed by atoms with Crippen LogP contribution in [0.4, 0.5) is 0 Å². The highest BCUT2D eigenvalue weighted by Gasteiger charge is 2.23. The first-order valence-corrected chi connectivity index (χ1v) is 6.00. The number of rotatable bonds is 4. The summed E-state index contributed by atoms with van der Waals surface area (Å²) in [5.41, 5.74) is 1.18. The molecule has 1 aromatic carbocycles. The van der Waals surface area contributed by atoms with E-state index in [4.69, 9.17) is 16.7 Å². The third-order valence-corrected chi connectivity index (χ3v) is 3.06. The summed E-state index contributed by atoms with van der Waals surface area (Å²) in [5.74, 6) is -1.63. The van der Waals surface area contributed by atoms with Crippen molar-refractivity contribution < 1.29 is 14.7 Å². The molecule has 0 aliphatic rings. The zero-order chi connectivity index (χ0) is 13.9. The number of carboxylic acid groups (broad SMARTS) is 1. The number of carboxylic acids is 1. The van der Waals surface area contributed by atoms with Crippen molar-refractivity contribution in [1.29, 1.82) is 0 Å². The molecule has 2 N–H and O–H groups in total. The molecule has 1 rings (SSSR count). The van der Waals surface area contributed by atoms with E-state index in [1.807, 2.05) is 0 Å². The number of carbonyl (C=O) groups excluding carboxylic acids is 1. The molecule has 4 nitrogen and oxygen atoms in total. The van der Waals surface area contributed by atoms with Gasteiger partial charge in [0.05, 0.1) is 0 Å². The topological polar surface area (TPSA) is 66.4 Å². The summed E-state index contributed by atoms with van der Waals surface area (Å²) >= 11 is 5.87. The molecule has 0 saturated carbocycles. The summed E-state index contributed by atoms with van der Waals surface area (Å²) in [4.78, 5) is 22.9. The number of aryl methyl sites for hydroxylation is 1. The summed E-state index contributed by atoms with van der Waals surface area (Å²) in [7, 11) is 0. The first kappa shape index (κ1) is 14.5. The Labute approximate surface area is 111 Å². The van der Waals surface area contributed by atoms with Gasteiger partial charge in [0.1, 0.15) is 6.04 Å². The molecule has 0 bridgehead atoms. The van der Waals surface area contributed by atoms with E-state index < -0.39 is 17.9 Å². The largest absolute Gasteiger partial charge is 0.480 e. The molecule has 0 aliphatic carbocycles. The number of hydrogen-bond acceptors (Lipinski definition) is 2. The molecule has 0 aliphatic heterocycles. The highest BCUT2D eigenvalue weighted by molar-refractivity contribution is 6.31. The molecule has 1 aromatic rings. The van der Waals surface area contributed by atoms with Gasteiger partial charge in [0.2, 0.25) is 0 Å². The van der Waals surface area contributed by atoms with Gasteiger partial charge < -0.3 is 10.4 Å². The highest BCUT2D eigenvalue weighted by atomic mass is 35.5. The van der Waals surface area contributed by atoms with Crippen LogP contribution >= 0.6 is 11.6 Å². The normalized spacial score (nSPS) is 12.3. The zero-order valence-electron chi connectivity index (χ0n) is 10.5. The van der Waals surface area contributed by atoms with Crippen molar-refractivity contribution in [3.63, 3.8) is 0 Å². The Bertz CT molecular complexity index is 471. The Morgan fingerprint density at radius 3 is 2.39 bits per heavy atom. The lowest BCUT2D eigenvalue weighted by molar-refractivity contribution is -0.140. The van der Waals surface area contributed by atoms with Crippen molar-refractivity contribution in [2.24, 2.45) is 5.92 Å². The van der Waals surface area contributed by atoms with Crippen LogP contribution in [0.15, 0.2) is 18.2 Å². The quantitative estimate of drug-likeness (QED) is 0.882. The minimum absolute atomic E-state index is 0.181. The van der Waals surface area contributed by atoms with E-state index >= 15 is 0 Å². The summed E-state index contributed by atoms with van der Waals surface area (Å²) in [6.45, 7) is 5.27. The van der Waals surface area contributed by atoms with Crippen molar-refractivity contribution >= 4 is 23.5 Å². The molecule has 98 valence electrons. The lowest BCUT2D eigenvalue weighted by Crippen LogP contribution is -2.44. The molecule has 0 fully saturated rings. The Morgan fingerprint density at radius 2 is 1.94 bits per heavy atom. The average molecular weight is 270 g/mol. The summed E-state index contributed by atoms with van der Waals surface area (Å²) in [6, 6.07) is 3.94. The fourth-order valence-corrected chi connectivity index (χ4v) is 1.64. The van der Waals surface area contributed by atoms with Gasteiger partial charge in [-0.3, -0.25) is 4.79 Å². The van der Waals surface area contributed by atoms with E-state index in [1.54, 1.807) is 39.0 Å². The molecule has 5 heteroatoms. The average Bonchev–Trinajstić information content (AvgIpc) is 2.28. The van der Waals surface area contributed by atoms with Crippen LogP contribution in [0.5, 0.6) is 0 Å². The third kappa shape index (κ3) is 3.47. The fraction of sp³-hybridized carbons (Fsp3) is 0.385. The van der Waals surface area contributed by atoms with Crippen molar-refractivity contribution in [2.45, 2.75) is 26.8 Å². The second-order valence-corrected chi connectivity index (χ2v) is 4.90. The van der Waals surface area contributed by atoms with Gasteiger partial charge in [-0.05, 0) is 36.6 Å². The predicted octanol–water partition coefficient (Wildman–Crippen LogP) is 2.49. The minimum atomic E-state index is -1.04. The molecular formula is C13H16ClNO3. The van der Waals surface area contributed by atoms with Crippen LogP contribution in [0.25, 0.3) is 0 Å². The van der Waals surface area contributed by atoms with Crippen LogP contribution in [0, 0.1) is 12.8 Å². The lowest BCUT2D eigenvalue weighted by Gasteiger charge is -2.18. The second kappa shape index (κ2) is 5.87. The van der Waals surface area contributed by atoms with E-state index in [0.717, 1.165) is 5.56 Å². The predicted molar refractivity (Wildman–Crippen MR) is 69.9 cm³/mol. The monoisotopic (exact) mass is 269 g/mol. The van der Waals surface area contributed by atoms with Gasteiger partial charge in [-0.2, -0.15) is 0 Å². The molecule has 18 heavy (non-hydrogen) atoms. The number of aliphatic carboxylic acids is 1. The molecule has 1 amide bonds. The van der Waals surface area contributed by atoms with Crippen LogP contribution in [0.3, 0.4) is 0 Å². The summed E-state index contributed by atoms with van der Waals surface area (Å²) in [5, 5.41) is 12.1. The standard InChI is InChI=1S/C13H16ClNO3/c1-7(2)11(13(17)18)15-12(16)9-4-5-10(14)8(3)6-9/h4-7,11H,1-3H3,(H,15,16)(H,17,18)/t11-/m1/s1. The van der Waals surface area contributed by atoms with Crippen molar-refractivity contribution in [3.05, 3.63) is 34.3 Å². The third-order valence-electron chi connectivity index (χ3n) is 2.64. The molecule has 0 saturated heterocycles. The first-order chi connectivity index (χ1) is 8.32. The van der Waals surface area contributed by atoms with Crippen molar-refractivity contribution in [3.8, 4) is 0 Å². The van der Waals surface area contributed by atoms with Gasteiger partial charge in [-0.1, -0.05) is 25.4 Å². The van der Waals surface area contributed by atoms with Crippen LogP contribution in [0.1, 0.15) is 29.8 Å². The number of amides is 1. The second-order valence-electron chi connectivity index (χ2n) is 4.50. The molecule has 0 radical (unpaired) electrons. The number of benzene rings is 1. The summed E-state index contributed by atoms with van der Waals surface area (Å²) < 4.78 is 0. The zero-order valence-corrected chi connectivity index (χ0v) is 11.3. The van der Waals surface area contributed by atoms with E-state index in [2.05, 4.69) is 5.32 Å². The van der Waals surface area contributed by atoms with Gasteiger partial charge in [0.15, 0.2) is 0 Å². The maximum Gasteiger partial charge on any atom is 0.326 e. The molecule has 0 aromatic heterocycles. The van der Waals surface area contributed by atoms with Gasteiger partial charge in [-0.25, -0.2) is 4.79 Å². The Kier molecular flexibility index (Phi) is 4.73. The SMILES string of the molecule is Cc1cc(C(=O)N[C@@H](C(=O)O)C(C)C)ccc1Cl. The van der Waals surface area contributed by atoms with Gasteiger partial charge >= 0.3 is 5.97 Å². The van der Waals surface area contributed by atoms with E-state index in [-0.39, 0.29) is 5.92 Å². The maximum absolute atomic E-state index is 11.9. The smallest absolute Gasteiger partial charge is 0.326 e. The number of hydrogen-bond donors (Lipinski definition) is 2. The van der Waals surface area contributed by atoms with Crippen LogP contribution in [-0.4, -0.2) is 23.0 Å². The van der Waals surface area contributed by atoms with Gasteiger partial charge in [0, 0.05) is 10.6 Å². The Balaban J connectivity index is 2.87. The molecular weight excluding hydrogens is 254 g/mol. The highest BCUT2D eigenvalue weighted by Crippen LogP contribution is 2.16. The lowest BCUT2D eigenvalue weighted by atomic mass is 10.0. The van der Waals surface area contributed by atoms with Crippen LogP contribution in [-0.2, 0) is 4.79 Å². The Hall–Kier alpha value is -1.55. The maximum atomic E-state index is 11.9. The summed E-state index contributed by atoms with van der Waals surface area (Å²) in [6.07, 6.45) is 0. The van der Waals surface area contributed by atoms with Gasteiger partial charge in [-0.15, -0.1) is 0 Å². The van der Waals surface area contributed by atoms with E-state index in [0.29, 0.717) is 10.6 Å². The van der Waals surface area contributed by atoms with Crippen molar-refractivity contribution in [1.82, 2.24) is 5.32 Å². The first-order valence-electron chi connectivity index (χ1n) is 5.62. The number of nitrogens with one attached hydrogen (secondary N) is 1. The van der Waals surface area contributed by atoms with E-state index in [9.17, 15) is 9.59 Å². The minimum Gasteiger partial charge on any atom is -0.480 e. The molecule has 0 unspecified atom stereocenters. The molecule has 1 atom stereocenters. The van der Waals surface area contributed by atoms with Crippen LogP contribution < -0.4 is 5.32 Å². The fourth-order valence-electron chi connectivity index (χ4n) is 1.52. The van der Waals surface area contributed by atoms with Crippen LogP contribution in [0.2, 0.25) is 5.02 Å². The molecule has 0 spiro atoms. The Morgan fingerprint density at radius 1 is 1.33 bits per heavy atom. The van der Waals surface area contributed by atoms with E-state index in [1.165, 1.54) is 0 Å². The number of carbonyl (C=O) groups is 2. The molecule has 0 heterocycles. The number of halogens is 1.